The molecule has 1 aliphatic rings. The van der Waals surface area contributed by atoms with Gasteiger partial charge in [-0.05, 0) is 26.2 Å². The summed E-state index contributed by atoms with van der Waals surface area (Å²) in [5.41, 5.74) is 0. The highest BCUT2D eigenvalue weighted by atomic mass is 16.6. The topological polar surface area (TPSA) is 79.2 Å². The normalized spacial score (nSPS) is 24.1. The van der Waals surface area contributed by atoms with Crippen LogP contribution in [0.4, 0.5) is 0 Å². The summed E-state index contributed by atoms with van der Waals surface area (Å²) in [6.45, 7) is 2.54. The summed E-state index contributed by atoms with van der Waals surface area (Å²) in [4.78, 5) is 0. The Morgan fingerprint density at radius 2 is 1.48 bits per heavy atom. The summed E-state index contributed by atoms with van der Waals surface area (Å²) in [7, 11) is 0. The molecule has 4 atom stereocenters. The first-order valence-electron chi connectivity index (χ1n) is 11.0. The number of ether oxygens (including phenoxy) is 2. The minimum atomic E-state index is -0.977. The van der Waals surface area contributed by atoms with E-state index in [4.69, 9.17) is 9.47 Å². The molecule has 27 heavy (non-hydrogen) atoms. The molecule has 1 aliphatic heterocycles. The Bertz CT molecular complexity index is 361. The molecule has 0 amide bonds. The summed E-state index contributed by atoms with van der Waals surface area (Å²) in [5.74, 6) is 0. The molecular weight excluding hydrogens is 344 g/mol. The van der Waals surface area contributed by atoms with Crippen LogP contribution in [0.5, 0.6) is 0 Å². The van der Waals surface area contributed by atoms with Crippen molar-refractivity contribution >= 4 is 0 Å². The van der Waals surface area contributed by atoms with Crippen molar-refractivity contribution in [3.8, 4) is 0 Å². The van der Waals surface area contributed by atoms with Crippen LogP contribution in [0, 0.1) is 0 Å². The Balaban J connectivity index is 1.86. The zero-order valence-electron chi connectivity index (χ0n) is 17.2. The number of rotatable bonds is 17. The maximum Gasteiger partial charge on any atom is 0.114 e. The Hall–Kier alpha value is -0.460. The van der Waals surface area contributed by atoms with Gasteiger partial charge in [-0.2, -0.15) is 0 Å². The second-order valence-electron chi connectivity index (χ2n) is 7.69. The summed E-state index contributed by atoms with van der Waals surface area (Å²) < 4.78 is 11.0. The van der Waals surface area contributed by atoms with E-state index < -0.39 is 24.4 Å². The molecule has 0 aromatic carbocycles. The molecule has 1 heterocycles. The number of hydrogen-bond acceptors (Lipinski definition) is 5. The number of unbranched alkanes of at least 4 members (excludes halogenated alkanes) is 11. The van der Waals surface area contributed by atoms with Gasteiger partial charge in [-0.1, -0.05) is 69.9 Å². The molecule has 160 valence electrons. The molecule has 5 heteroatoms. The Morgan fingerprint density at radius 3 is 1.96 bits per heavy atom. The van der Waals surface area contributed by atoms with Gasteiger partial charge >= 0.3 is 0 Å². The van der Waals surface area contributed by atoms with E-state index in [1.165, 1.54) is 64.2 Å². The molecule has 0 spiro atoms. The third-order valence-electron chi connectivity index (χ3n) is 5.32. The van der Waals surface area contributed by atoms with Gasteiger partial charge in [0.25, 0.3) is 0 Å². The summed E-state index contributed by atoms with van der Waals surface area (Å²) in [6, 6.07) is 0. The fourth-order valence-electron chi connectivity index (χ4n) is 3.56. The molecule has 5 nitrogen and oxygen atoms in total. The average molecular weight is 387 g/mol. The van der Waals surface area contributed by atoms with Gasteiger partial charge in [0.1, 0.15) is 24.4 Å². The molecule has 0 bridgehead atoms. The van der Waals surface area contributed by atoms with Gasteiger partial charge in [0.2, 0.25) is 0 Å². The van der Waals surface area contributed by atoms with E-state index in [9.17, 15) is 15.3 Å². The molecule has 0 aromatic rings. The minimum absolute atomic E-state index is 0.0991. The van der Waals surface area contributed by atoms with Crippen LogP contribution in [-0.2, 0) is 9.47 Å². The third-order valence-corrected chi connectivity index (χ3v) is 5.32. The first-order valence-corrected chi connectivity index (χ1v) is 11.0. The molecule has 1 fully saturated rings. The van der Waals surface area contributed by atoms with Gasteiger partial charge in [-0.15, -0.1) is 0 Å². The molecule has 0 radical (unpaired) electrons. The minimum Gasteiger partial charge on any atom is -0.394 e. The van der Waals surface area contributed by atoms with Gasteiger partial charge in [0, 0.05) is 6.61 Å². The summed E-state index contributed by atoms with van der Waals surface area (Å²) in [5, 5.41) is 28.7. The SMILES string of the molecule is C/C=C/CCCCCCCCCCCCCO[C@@H](CO)[C@@H]1OC[C@@H](O)[C@@H]1O. The van der Waals surface area contributed by atoms with Crippen LogP contribution in [0.2, 0.25) is 0 Å². The lowest BCUT2D eigenvalue weighted by molar-refractivity contribution is -0.101. The average Bonchev–Trinajstić information content (AvgIpc) is 3.00. The first-order chi connectivity index (χ1) is 13.2. The molecule has 1 rings (SSSR count). The van der Waals surface area contributed by atoms with Gasteiger partial charge in [0.05, 0.1) is 13.2 Å². The van der Waals surface area contributed by atoms with Crippen molar-refractivity contribution in [1.82, 2.24) is 0 Å². The zero-order valence-corrected chi connectivity index (χ0v) is 17.2. The Labute approximate surface area is 165 Å². The smallest absolute Gasteiger partial charge is 0.114 e. The van der Waals surface area contributed by atoms with Crippen molar-refractivity contribution in [2.24, 2.45) is 0 Å². The third kappa shape index (κ3) is 11.2. The first kappa shape index (κ1) is 24.6. The second kappa shape index (κ2) is 16.5. The van der Waals surface area contributed by atoms with E-state index in [1.54, 1.807) is 0 Å². The van der Waals surface area contributed by atoms with Crippen LogP contribution in [0.1, 0.15) is 84.0 Å². The largest absolute Gasteiger partial charge is 0.394 e. The van der Waals surface area contributed by atoms with Crippen LogP contribution in [0.3, 0.4) is 0 Å². The van der Waals surface area contributed by atoms with Crippen molar-refractivity contribution < 1.29 is 24.8 Å². The van der Waals surface area contributed by atoms with Crippen molar-refractivity contribution in [1.29, 1.82) is 0 Å². The lowest BCUT2D eigenvalue weighted by Gasteiger charge is -2.24. The molecule has 3 N–H and O–H groups in total. The zero-order chi connectivity index (χ0) is 19.7. The van der Waals surface area contributed by atoms with E-state index >= 15 is 0 Å². The predicted octanol–water partition coefficient (Wildman–Crippen LogP) is 3.74. The van der Waals surface area contributed by atoms with Crippen LogP contribution >= 0.6 is 0 Å². The Kier molecular flexibility index (Phi) is 15.0. The molecular formula is C22H42O5. The lowest BCUT2D eigenvalue weighted by atomic mass is 10.0. The summed E-state index contributed by atoms with van der Waals surface area (Å²) >= 11 is 0. The number of allylic oxidation sites excluding steroid dienone is 2. The quantitative estimate of drug-likeness (QED) is 0.262. The maximum absolute atomic E-state index is 9.82. The fraction of sp³-hybridized carbons (Fsp3) is 0.909. The van der Waals surface area contributed by atoms with Crippen LogP contribution in [0.15, 0.2) is 12.2 Å². The molecule has 0 saturated carbocycles. The van der Waals surface area contributed by atoms with E-state index in [1.807, 2.05) is 0 Å². The highest BCUT2D eigenvalue weighted by Crippen LogP contribution is 2.20. The fourth-order valence-corrected chi connectivity index (χ4v) is 3.56. The van der Waals surface area contributed by atoms with E-state index in [2.05, 4.69) is 19.1 Å². The highest BCUT2D eigenvalue weighted by molar-refractivity contribution is 4.88. The highest BCUT2D eigenvalue weighted by Gasteiger charge is 2.40. The second-order valence-corrected chi connectivity index (χ2v) is 7.69. The van der Waals surface area contributed by atoms with E-state index in [-0.39, 0.29) is 13.2 Å². The van der Waals surface area contributed by atoms with Gasteiger partial charge in [0.15, 0.2) is 0 Å². The van der Waals surface area contributed by atoms with E-state index in [0.29, 0.717) is 6.61 Å². The molecule has 0 aliphatic carbocycles. The van der Waals surface area contributed by atoms with Gasteiger partial charge in [-0.25, -0.2) is 0 Å². The monoisotopic (exact) mass is 386 g/mol. The molecule has 0 unspecified atom stereocenters. The van der Waals surface area contributed by atoms with Crippen molar-refractivity contribution in [2.75, 3.05) is 19.8 Å². The maximum atomic E-state index is 9.82. The van der Waals surface area contributed by atoms with Crippen molar-refractivity contribution in [3.63, 3.8) is 0 Å². The van der Waals surface area contributed by atoms with Crippen LogP contribution in [0.25, 0.3) is 0 Å². The number of aliphatic hydroxyl groups is 3. The summed E-state index contributed by atoms with van der Waals surface area (Å²) in [6.07, 6.45) is 16.6. The van der Waals surface area contributed by atoms with Crippen molar-refractivity contribution in [3.05, 3.63) is 12.2 Å². The standard InChI is InChI=1S/C22H42O5/c1-2-3-4-5-6-7-8-9-10-11-12-13-14-15-16-26-20(17-23)22-21(25)19(24)18-27-22/h2-3,19-25H,4-18H2,1H3/b3-2+/t19-,20+,21+,22+/m1/s1. The van der Waals surface area contributed by atoms with Crippen molar-refractivity contribution in [2.45, 2.75) is 108 Å². The van der Waals surface area contributed by atoms with Crippen LogP contribution in [-0.4, -0.2) is 59.6 Å². The van der Waals surface area contributed by atoms with Crippen LogP contribution < -0.4 is 0 Å². The molecule has 1 saturated heterocycles. The Morgan fingerprint density at radius 1 is 0.926 bits per heavy atom. The van der Waals surface area contributed by atoms with Gasteiger partial charge < -0.3 is 24.8 Å². The van der Waals surface area contributed by atoms with Gasteiger partial charge in [-0.3, -0.25) is 0 Å². The molecule has 0 aromatic heterocycles. The number of hydrogen-bond donors (Lipinski definition) is 3. The number of aliphatic hydroxyl groups excluding tert-OH is 3. The van der Waals surface area contributed by atoms with E-state index in [0.717, 1.165) is 12.8 Å². The predicted molar refractivity (Wildman–Crippen MR) is 109 cm³/mol. The lowest BCUT2D eigenvalue weighted by Crippen LogP contribution is -2.42.